The first-order chi connectivity index (χ1) is 9.91. The number of hydrogen-bond acceptors (Lipinski definition) is 2. The van der Waals surface area contributed by atoms with Crippen LogP contribution in [0.5, 0.6) is 0 Å². The van der Waals surface area contributed by atoms with Gasteiger partial charge in [0.05, 0.1) is 0 Å². The molecule has 0 aliphatic rings. The van der Waals surface area contributed by atoms with Gasteiger partial charge in [-0.05, 0) is 0 Å². The first-order valence-corrected chi connectivity index (χ1v) is 9.41. The van der Waals surface area contributed by atoms with Crippen LogP contribution in [0.3, 0.4) is 0 Å². The monoisotopic (exact) mass is 302 g/mol. The molecule has 0 spiro atoms. The molecule has 0 heterocycles. The molecule has 0 atom stereocenters. The molecule has 0 aromatic heterocycles. The third kappa shape index (κ3) is 23.1. The summed E-state index contributed by atoms with van der Waals surface area (Å²) in [4.78, 5) is 0. The fourth-order valence-corrected chi connectivity index (χ4v) is 2.62. The zero-order valence-electron chi connectivity index (χ0n) is 14.1. The van der Waals surface area contributed by atoms with Crippen molar-refractivity contribution in [3.63, 3.8) is 0 Å². The molecule has 0 radical (unpaired) electrons. The van der Waals surface area contributed by atoms with Crippen LogP contribution in [-0.4, -0.2) is 4.21 Å². The molecule has 0 aliphatic heterocycles. The van der Waals surface area contributed by atoms with E-state index in [9.17, 15) is 0 Å². The summed E-state index contributed by atoms with van der Waals surface area (Å²) in [7, 11) is 0. The molecule has 0 saturated heterocycles. The average molecular weight is 303 g/mol. The summed E-state index contributed by atoms with van der Waals surface area (Å²) in [6.45, 7) is 4.59. The first kappa shape index (κ1) is 22.3. The van der Waals surface area contributed by atoms with Gasteiger partial charge in [0.25, 0.3) is 0 Å². The highest BCUT2D eigenvalue weighted by Gasteiger charge is 1.93. The van der Waals surface area contributed by atoms with Gasteiger partial charge in [-0.25, -0.2) is 0 Å². The number of unbranched alkanes of at least 4 members (excludes halogenated alkanes) is 15. The maximum Gasteiger partial charge on any atom is 0.197 e. The maximum absolute atomic E-state index is 7.83. The van der Waals surface area contributed by atoms with Crippen molar-refractivity contribution in [1.29, 1.82) is 0 Å². The van der Waals surface area contributed by atoms with Crippen molar-refractivity contribution in [2.24, 2.45) is 0 Å². The van der Waals surface area contributed by atoms with Crippen molar-refractivity contribution in [3.8, 4) is 0 Å². The molecule has 0 unspecified atom stereocenters. The van der Waals surface area contributed by atoms with E-state index in [1.165, 1.54) is 103 Å². The van der Waals surface area contributed by atoms with E-state index in [-0.39, 0.29) is 0 Å². The van der Waals surface area contributed by atoms with Crippen LogP contribution in [0.4, 0.5) is 0 Å². The molecule has 122 valence electrons. The van der Waals surface area contributed by atoms with Gasteiger partial charge in [-0.1, -0.05) is 117 Å². The van der Waals surface area contributed by atoms with Crippen molar-refractivity contribution in [2.45, 2.75) is 117 Å². The molecular formula is C18H38OS. The minimum absolute atomic E-state index is 1.37. The zero-order chi connectivity index (χ0) is 15.3. The highest BCUT2D eigenvalue weighted by atomic mass is 32.1. The lowest BCUT2D eigenvalue weighted by molar-refractivity contribution is 0.531. The van der Waals surface area contributed by atoms with Crippen LogP contribution in [-0.2, 0) is 12.5 Å². The maximum atomic E-state index is 7.83. The Labute approximate surface area is 133 Å². The Morgan fingerprint density at radius 3 is 0.700 bits per heavy atom. The van der Waals surface area contributed by atoms with Crippen LogP contribution in [0.2, 0.25) is 0 Å². The Hall–Kier alpha value is 0.0200. The average Bonchev–Trinajstić information content (AvgIpc) is 2.50. The normalized spacial score (nSPS) is 10.1. The second-order valence-electron chi connectivity index (χ2n) is 5.95. The molecule has 0 aromatic rings. The van der Waals surface area contributed by atoms with Gasteiger partial charge in [0.2, 0.25) is 0 Å². The lowest BCUT2D eigenvalue weighted by Crippen LogP contribution is -1.83. The molecule has 0 saturated carbocycles. The minimum Gasteiger partial charge on any atom is -0.197 e. The SMILES string of the molecule is CCCCCCCCCCCCCCCCCC.O=S. The van der Waals surface area contributed by atoms with Crippen LogP contribution >= 0.6 is 0 Å². The largest absolute Gasteiger partial charge is 0.197 e. The number of rotatable bonds is 15. The summed E-state index contributed by atoms with van der Waals surface area (Å²) in [5, 5.41) is 0. The summed E-state index contributed by atoms with van der Waals surface area (Å²) in [5.74, 6) is 0. The van der Waals surface area contributed by atoms with E-state index < -0.39 is 0 Å². The summed E-state index contributed by atoms with van der Waals surface area (Å²) >= 11 is 2.83. The predicted molar refractivity (Wildman–Crippen MR) is 93.4 cm³/mol. The van der Waals surface area contributed by atoms with Crippen LogP contribution < -0.4 is 0 Å². The van der Waals surface area contributed by atoms with Gasteiger partial charge in [0.15, 0.2) is 12.5 Å². The molecule has 20 heavy (non-hydrogen) atoms. The van der Waals surface area contributed by atoms with Gasteiger partial charge in [0, 0.05) is 0 Å². The molecule has 0 N–H and O–H groups in total. The minimum atomic E-state index is 1.37. The van der Waals surface area contributed by atoms with Crippen molar-refractivity contribution in [2.75, 3.05) is 0 Å². The van der Waals surface area contributed by atoms with Gasteiger partial charge >= 0.3 is 0 Å². The van der Waals surface area contributed by atoms with Crippen molar-refractivity contribution < 1.29 is 4.21 Å². The van der Waals surface area contributed by atoms with E-state index in [1.54, 1.807) is 0 Å². The third-order valence-electron chi connectivity index (χ3n) is 3.96. The Bertz CT molecular complexity index is 134. The van der Waals surface area contributed by atoms with Crippen LogP contribution in [0.25, 0.3) is 0 Å². The Kier molecular flexibility index (Phi) is 26.8. The van der Waals surface area contributed by atoms with E-state index in [0.717, 1.165) is 0 Å². The fraction of sp³-hybridized carbons (Fsp3) is 1.00. The Balaban J connectivity index is 0. The standard InChI is InChI=1S/C18H38.OS/c1-3-5-7-9-11-13-15-17-18-16-14-12-10-8-6-4-2;1-2/h3-18H2,1-2H3;. The van der Waals surface area contributed by atoms with Gasteiger partial charge in [0.1, 0.15) is 0 Å². The first-order valence-electron chi connectivity index (χ1n) is 9.08. The van der Waals surface area contributed by atoms with E-state index in [0.29, 0.717) is 0 Å². The second-order valence-corrected chi connectivity index (χ2v) is 5.95. The molecule has 0 rings (SSSR count). The number of hydrogen-bond donors (Lipinski definition) is 0. The summed E-state index contributed by atoms with van der Waals surface area (Å²) < 4.78 is 7.83. The summed E-state index contributed by atoms with van der Waals surface area (Å²) in [5.41, 5.74) is 0. The highest BCUT2D eigenvalue weighted by Crippen LogP contribution is 2.13. The predicted octanol–water partition coefficient (Wildman–Crippen LogP) is 6.93. The van der Waals surface area contributed by atoms with Crippen molar-refractivity contribution >= 4 is 12.5 Å². The molecule has 0 bridgehead atoms. The third-order valence-corrected chi connectivity index (χ3v) is 3.96. The van der Waals surface area contributed by atoms with Crippen LogP contribution in [0, 0.1) is 0 Å². The molecular weight excluding hydrogens is 264 g/mol. The summed E-state index contributed by atoms with van der Waals surface area (Å²) in [6, 6.07) is 0. The fourth-order valence-electron chi connectivity index (χ4n) is 2.62. The van der Waals surface area contributed by atoms with Crippen LogP contribution in [0.1, 0.15) is 117 Å². The van der Waals surface area contributed by atoms with Gasteiger partial charge in [-0.2, -0.15) is 4.21 Å². The summed E-state index contributed by atoms with van der Waals surface area (Å²) in [6.07, 6.45) is 23.4. The molecule has 0 fully saturated rings. The smallest absolute Gasteiger partial charge is 0.197 e. The molecule has 0 aliphatic carbocycles. The van der Waals surface area contributed by atoms with Gasteiger partial charge in [-0.15, -0.1) is 0 Å². The van der Waals surface area contributed by atoms with Crippen LogP contribution in [0.15, 0.2) is 0 Å². The van der Waals surface area contributed by atoms with Crippen molar-refractivity contribution in [1.82, 2.24) is 0 Å². The second kappa shape index (κ2) is 24.1. The molecule has 0 amide bonds. The Morgan fingerprint density at radius 1 is 0.400 bits per heavy atom. The lowest BCUT2D eigenvalue weighted by atomic mass is 10.0. The van der Waals surface area contributed by atoms with E-state index >= 15 is 0 Å². The quantitative estimate of drug-likeness (QED) is 0.305. The van der Waals surface area contributed by atoms with E-state index in [1.807, 2.05) is 0 Å². The highest BCUT2D eigenvalue weighted by molar-refractivity contribution is 7.44. The van der Waals surface area contributed by atoms with E-state index in [4.69, 9.17) is 4.21 Å². The van der Waals surface area contributed by atoms with Gasteiger partial charge in [-0.3, -0.25) is 0 Å². The molecule has 1 nitrogen and oxygen atoms in total. The zero-order valence-corrected chi connectivity index (χ0v) is 14.9. The molecule has 2 heteroatoms. The topological polar surface area (TPSA) is 17.1 Å². The van der Waals surface area contributed by atoms with E-state index in [2.05, 4.69) is 26.4 Å². The molecule has 0 aromatic carbocycles. The Morgan fingerprint density at radius 2 is 0.550 bits per heavy atom. The van der Waals surface area contributed by atoms with Gasteiger partial charge < -0.3 is 0 Å². The lowest BCUT2D eigenvalue weighted by Gasteiger charge is -2.03. The van der Waals surface area contributed by atoms with Crippen molar-refractivity contribution in [3.05, 3.63) is 0 Å².